The molecule has 0 aliphatic rings. The molecule has 0 aliphatic carbocycles. The van der Waals surface area contributed by atoms with E-state index in [1.807, 2.05) is 0 Å². The summed E-state index contributed by atoms with van der Waals surface area (Å²) in [7, 11) is 1.56. The Morgan fingerprint density at radius 3 is 2.58 bits per heavy atom. The van der Waals surface area contributed by atoms with Crippen molar-refractivity contribution in [2.45, 2.75) is 12.5 Å². The Bertz CT molecular complexity index is 932. The number of aliphatic carboxylic acids is 1. The number of para-hydroxylation sites is 1. The third-order valence-corrected chi connectivity index (χ3v) is 3.89. The molecule has 0 saturated heterocycles. The summed E-state index contributed by atoms with van der Waals surface area (Å²) in [4.78, 5) is 28.3. The highest BCUT2D eigenvalue weighted by Gasteiger charge is 2.20. The second-order valence-electron chi connectivity index (χ2n) is 5.36. The van der Waals surface area contributed by atoms with Crippen molar-refractivity contribution < 1.29 is 14.6 Å². The van der Waals surface area contributed by atoms with Crippen LogP contribution in [0.4, 0.5) is 0 Å². The normalized spacial score (nSPS) is 12.0. The van der Waals surface area contributed by atoms with E-state index in [9.17, 15) is 14.7 Å². The smallest absolute Gasteiger partial charge is 0.305 e. The van der Waals surface area contributed by atoms with E-state index in [-0.39, 0.29) is 12.0 Å². The quantitative estimate of drug-likeness (QED) is 0.779. The van der Waals surface area contributed by atoms with Crippen LogP contribution in [0, 0.1) is 0 Å². The molecule has 0 radical (unpaired) electrons. The average molecular weight is 324 g/mol. The van der Waals surface area contributed by atoms with Gasteiger partial charge in [-0.25, -0.2) is 4.98 Å². The van der Waals surface area contributed by atoms with Crippen LogP contribution in [-0.4, -0.2) is 27.7 Å². The predicted octanol–water partition coefficient (Wildman–Crippen LogP) is 2.47. The van der Waals surface area contributed by atoms with Crippen molar-refractivity contribution in [3.05, 3.63) is 70.8 Å². The van der Waals surface area contributed by atoms with Crippen molar-refractivity contribution in [3.63, 3.8) is 0 Å². The number of carbonyl (C=O) groups is 1. The van der Waals surface area contributed by atoms with Crippen molar-refractivity contribution in [2.24, 2.45) is 0 Å². The summed E-state index contributed by atoms with van der Waals surface area (Å²) in [5.41, 5.74) is 1.03. The number of hydrogen-bond donors (Lipinski definition) is 1. The summed E-state index contributed by atoms with van der Waals surface area (Å²) in [5.74, 6) is -0.326. The van der Waals surface area contributed by atoms with Gasteiger partial charge < -0.3 is 9.84 Å². The topological polar surface area (TPSA) is 81.4 Å². The summed E-state index contributed by atoms with van der Waals surface area (Å²) in [6.07, 6.45) is 1.19. The molecule has 6 nitrogen and oxygen atoms in total. The molecule has 3 aromatic rings. The molecule has 0 aliphatic heterocycles. The fraction of sp³-hybridized carbons (Fsp3) is 0.167. The molecule has 0 spiro atoms. The van der Waals surface area contributed by atoms with Crippen molar-refractivity contribution in [1.29, 1.82) is 0 Å². The standard InChI is InChI=1S/C18H16N2O4/c1-24-13-8-6-12(7-9-13)16(10-17(21)22)20-11-19-15-5-3-2-4-14(15)18(20)23/h2-9,11,16H,10H2,1H3,(H,21,22)/t16-/m1/s1. The number of hydrogen-bond acceptors (Lipinski definition) is 4. The lowest BCUT2D eigenvalue weighted by Gasteiger charge is -2.19. The van der Waals surface area contributed by atoms with E-state index in [4.69, 9.17) is 4.74 Å². The first-order chi connectivity index (χ1) is 11.6. The number of methoxy groups -OCH3 is 1. The molecule has 1 atom stereocenters. The van der Waals surface area contributed by atoms with Crippen molar-refractivity contribution in [1.82, 2.24) is 9.55 Å². The SMILES string of the molecule is COc1ccc([C@@H](CC(=O)O)n2cnc3ccccc3c2=O)cc1. The van der Waals surface area contributed by atoms with Crippen LogP contribution in [0.5, 0.6) is 5.75 Å². The maximum atomic E-state index is 12.8. The zero-order valence-electron chi connectivity index (χ0n) is 13.0. The van der Waals surface area contributed by atoms with Crippen LogP contribution in [0.25, 0.3) is 10.9 Å². The zero-order valence-corrected chi connectivity index (χ0v) is 13.0. The Morgan fingerprint density at radius 1 is 1.21 bits per heavy atom. The van der Waals surface area contributed by atoms with Crippen molar-refractivity contribution in [2.75, 3.05) is 7.11 Å². The number of carboxylic acid groups (broad SMARTS) is 1. The Labute approximate surface area is 138 Å². The number of rotatable bonds is 5. The van der Waals surface area contributed by atoms with Gasteiger partial charge in [0.15, 0.2) is 0 Å². The number of carboxylic acids is 1. The van der Waals surface area contributed by atoms with Gasteiger partial charge in [0.2, 0.25) is 0 Å². The Hall–Kier alpha value is -3.15. The molecule has 0 saturated carbocycles. The maximum absolute atomic E-state index is 12.8. The third kappa shape index (κ3) is 2.99. The lowest BCUT2D eigenvalue weighted by molar-refractivity contribution is -0.137. The molecule has 122 valence electrons. The van der Waals surface area contributed by atoms with Gasteiger partial charge in [0.25, 0.3) is 5.56 Å². The summed E-state index contributed by atoms with van der Waals surface area (Å²) in [6.45, 7) is 0. The minimum atomic E-state index is -0.990. The molecule has 0 bridgehead atoms. The van der Waals surface area contributed by atoms with E-state index in [1.165, 1.54) is 10.9 Å². The highest BCUT2D eigenvalue weighted by atomic mass is 16.5. The van der Waals surface area contributed by atoms with Gasteiger partial charge in [-0.3, -0.25) is 14.2 Å². The van der Waals surface area contributed by atoms with E-state index in [1.54, 1.807) is 55.6 Å². The van der Waals surface area contributed by atoms with Crippen LogP contribution >= 0.6 is 0 Å². The van der Waals surface area contributed by atoms with Crippen LogP contribution in [0.3, 0.4) is 0 Å². The molecule has 24 heavy (non-hydrogen) atoms. The summed E-state index contributed by atoms with van der Waals surface area (Å²) >= 11 is 0. The molecule has 6 heteroatoms. The van der Waals surface area contributed by atoms with Gasteiger partial charge in [-0.2, -0.15) is 0 Å². The highest BCUT2D eigenvalue weighted by Crippen LogP contribution is 2.23. The minimum Gasteiger partial charge on any atom is -0.497 e. The van der Waals surface area contributed by atoms with Crippen LogP contribution in [0.15, 0.2) is 59.7 Å². The van der Waals surface area contributed by atoms with Crippen molar-refractivity contribution in [3.8, 4) is 5.75 Å². The van der Waals surface area contributed by atoms with Gasteiger partial charge in [0.1, 0.15) is 5.75 Å². The number of benzene rings is 2. The molecule has 0 fully saturated rings. The van der Waals surface area contributed by atoms with E-state index < -0.39 is 12.0 Å². The molecule has 0 unspecified atom stereocenters. The second kappa shape index (κ2) is 6.54. The van der Waals surface area contributed by atoms with E-state index >= 15 is 0 Å². The average Bonchev–Trinajstić information content (AvgIpc) is 2.61. The fourth-order valence-corrected chi connectivity index (χ4v) is 2.67. The van der Waals surface area contributed by atoms with E-state index in [0.29, 0.717) is 22.2 Å². The number of ether oxygens (including phenoxy) is 1. The zero-order chi connectivity index (χ0) is 17.1. The largest absolute Gasteiger partial charge is 0.497 e. The van der Waals surface area contributed by atoms with Crippen LogP contribution in [0.1, 0.15) is 18.0 Å². The third-order valence-electron chi connectivity index (χ3n) is 3.89. The molecule has 2 aromatic carbocycles. The molecule has 3 rings (SSSR count). The Morgan fingerprint density at radius 2 is 1.92 bits per heavy atom. The van der Waals surface area contributed by atoms with Gasteiger partial charge >= 0.3 is 5.97 Å². The Kier molecular flexibility index (Phi) is 4.29. The van der Waals surface area contributed by atoms with E-state index in [0.717, 1.165) is 0 Å². The molecule has 1 aromatic heterocycles. The van der Waals surface area contributed by atoms with Gasteiger partial charge in [-0.1, -0.05) is 24.3 Å². The molecule has 1 heterocycles. The maximum Gasteiger partial charge on any atom is 0.305 e. The van der Waals surface area contributed by atoms with Crippen LogP contribution < -0.4 is 10.3 Å². The summed E-state index contributed by atoms with van der Waals surface area (Å²) < 4.78 is 6.49. The number of aromatic nitrogens is 2. The van der Waals surface area contributed by atoms with Gasteiger partial charge in [0.05, 0.1) is 36.8 Å². The molecule has 1 N–H and O–H groups in total. The van der Waals surface area contributed by atoms with Crippen LogP contribution in [0.2, 0.25) is 0 Å². The molecule has 0 amide bonds. The first kappa shape index (κ1) is 15.7. The Balaban J connectivity index is 2.13. The van der Waals surface area contributed by atoms with Gasteiger partial charge in [-0.15, -0.1) is 0 Å². The summed E-state index contributed by atoms with van der Waals surface area (Å²) in [5, 5.41) is 9.71. The van der Waals surface area contributed by atoms with Crippen LogP contribution in [-0.2, 0) is 4.79 Å². The molecular weight excluding hydrogens is 308 g/mol. The second-order valence-corrected chi connectivity index (χ2v) is 5.36. The van der Waals surface area contributed by atoms with E-state index in [2.05, 4.69) is 4.98 Å². The highest BCUT2D eigenvalue weighted by molar-refractivity contribution is 5.77. The lowest BCUT2D eigenvalue weighted by atomic mass is 10.0. The summed E-state index contributed by atoms with van der Waals surface area (Å²) in [6, 6.07) is 13.4. The van der Waals surface area contributed by atoms with Crippen molar-refractivity contribution >= 4 is 16.9 Å². The molecular formula is C18H16N2O4. The fourth-order valence-electron chi connectivity index (χ4n) is 2.67. The van der Waals surface area contributed by atoms with Gasteiger partial charge in [-0.05, 0) is 29.8 Å². The minimum absolute atomic E-state index is 0.216. The predicted molar refractivity (Wildman–Crippen MR) is 89.4 cm³/mol. The first-order valence-electron chi connectivity index (χ1n) is 7.42. The number of nitrogens with zero attached hydrogens (tertiary/aromatic N) is 2. The van der Waals surface area contributed by atoms with Gasteiger partial charge in [0, 0.05) is 0 Å². The lowest BCUT2D eigenvalue weighted by Crippen LogP contribution is -2.27. The number of fused-ring (bicyclic) bond motifs is 1. The monoisotopic (exact) mass is 324 g/mol. The first-order valence-corrected chi connectivity index (χ1v) is 7.42.